The second-order valence-corrected chi connectivity index (χ2v) is 8.54. The molecule has 2 atom stereocenters. The van der Waals surface area contributed by atoms with Crippen LogP contribution in [0.15, 0.2) is 83.7 Å². The summed E-state index contributed by atoms with van der Waals surface area (Å²) < 4.78 is 10.6. The Morgan fingerprint density at radius 1 is 1.00 bits per heavy atom. The van der Waals surface area contributed by atoms with Gasteiger partial charge in [-0.2, -0.15) is 5.10 Å². The van der Waals surface area contributed by atoms with Crippen molar-refractivity contribution in [2.45, 2.75) is 25.3 Å². The van der Waals surface area contributed by atoms with Crippen LogP contribution in [0.1, 0.15) is 46.8 Å². The van der Waals surface area contributed by atoms with Crippen LogP contribution in [-0.2, 0) is 0 Å². The van der Waals surface area contributed by atoms with Gasteiger partial charge in [-0.05, 0) is 78.4 Å². The van der Waals surface area contributed by atoms with E-state index in [2.05, 4.69) is 11.1 Å². The van der Waals surface area contributed by atoms with Gasteiger partial charge < -0.3 is 9.47 Å². The monoisotopic (exact) mass is 453 g/mol. The molecule has 0 spiro atoms. The van der Waals surface area contributed by atoms with Gasteiger partial charge >= 0.3 is 0 Å². The lowest BCUT2D eigenvalue weighted by Crippen LogP contribution is -2.32. The van der Waals surface area contributed by atoms with Crippen molar-refractivity contribution in [2.75, 3.05) is 14.2 Å². The fourth-order valence-electron chi connectivity index (χ4n) is 4.83. The second-order valence-electron chi connectivity index (χ2n) is 8.54. The van der Waals surface area contributed by atoms with E-state index in [0.717, 1.165) is 47.6 Å². The lowest BCUT2D eigenvalue weighted by Gasteiger charge is -2.29. The molecule has 2 aromatic carbocycles. The Hall–Kier alpha value is -3.93. The molecule has 6 heteroatoms. The second kappa shape index (κ2) is 9.51. The number of hydrogen-bond acceptors (Lipinski definition) is 5. The zero-order valence-corrected chi connectivity index (χ0v) is 19.3. The molecule has 1 aromatic heterocycles. The topological polar surface area (TPSA) is 64.0 Å². The fourth-order valence-corrected chi connectivity index (χ4v) is 4.83. The standard InChI is InChI=1S/C28H27N3O3/c1-33-23-12-8-19(9-13-23)17-21-5-3-7-25-26(21)30-31(28(32)22-6-4-16-29-18-22)27(25)20-10-14-24(34-2)15-11-20/h4,6,8-18,25,27H,3,5,7H2,1-2H3. The van der Waals surface area contributed by atoms with Gasteiger partial charge in [-0.3, -0.25) is 9.78 Å². The number of hydrogen-bond donors (Lipinski definition) is 0. The number of pyridine rings is 1. The summed E-state index contributed by atoms with van der Waals surface area (Å²) in [4.78, 5) is 17.7. The van der Waals surface area contributed by atoms with Crippen molar-refractivity contribution in [3.8, 4) is 11.5 Å². The van der Waals surface area contributed by atoms with E-state index in [1.165, 1.54) is 5.57 Å². The molecule has 1 amide bonds. The number of allylic oxidation sites excluding steroid dienone is 1. The molecule has 5 rings (SSSR count). The van der Waals surface area contributed by atoms with Crippen LogP contribution in [0, 0.1) is 5.92 Å². The SMILES string of the molecule is COc1ccc(C=C2CCCC3C2=NN(C(=O)c2cccnc2)C3c2ccc(OC)cc2)cc1. The molecule has 1 fully saturated rings. The number of fused-ring (bicyclic) bond motifs is 1. The summed E-state index contributed by atoms with van der Waals surface area (Å²) in [5.41, 5.74) is 4.86. The molecule has 1 aliphatic carbocycles. The van der Waals surface area contributed by atoms with Gasteiger partial charge in [0.25, 0.3) is 5.91 Å². The first kappa shape index (κ1) is 21.9. The molecule has 1 saturated carbocycles. The highest BCUT2D eigenvalue weighted by molar-refractivity contribution is 6.09. The number of methoxy groups -OCH3 is 2. The van der Waals surface area contributed by atoms with E-state index >= 15 is 0 Å². The third-order valence-corrected chi connectivity index (χ3v) is 6.53. The molecule has 2 aliphatic rings. The highest BCUT2D eigenvalue weighted by Crippen LogP contribution is 2.45. The molecule has 2 heterocycles. The summed E-state index contributed by atoms with van der Waals surface area (Å²) >= 11 is 0. The van der Waals surface area contributed by atoms with Gasteiger partial charge in [0.15, 0.2) is 0 Å². The van der Waals surface area contributed by atoms with Gasteiger partial charge in [-0.15, -0.1) is 0 Å². The minimum atomic E-state index is -0.173. The average molecular weight is 454 g/mol. The highest BCUT2D eigenvalue weighted by atomic mass is 16.5. The van der Waals surface area contributed by atoms with Crippen LogP contribution in [0.3, 0.4) is 0 Å². The number of amides is 1. The van der Waals surface area contributed by atoms with E-state index in [1.807, 2.05) is 48.5 Å². The van der Waals surface area contributed by atoms with Crippen LogP contribution < -0.4 is 9.47 Å². The molecule has 3 aromatic rings. The molecule has 34 heavy (non-hydrogen) atoms. The van der Waals surface area contributed by atoms with E-state index < -0.39 is 0 Å². The largest absolute Gasteiger partial charge is 0.497 e. The predicted molar refractivity (Wildman–Crippen MR) is 132 cm³/mol. The third kappa shape index (κ3) is 4.19. The zero-order valence-electron chi connectivity index (χ0n) is 19.3. The molecule has 6 nitrogen and oxygen atoms in total. The maximum Gasteiger partial charge on any atom is 0.276 e. The number of benzene rings is 2. The van der Waals surface area contributed by atoms with Crippen molar-refractivity contribution < 1.29 is 14.3 Å². The van der Waals surface area contributed by atoms with Crippen LogP contribution in [0.4, 0.5) is 0 Å². The summed E-state index contributed by atoms with van der Waals surface area (Å²) in [6.07, 6.45) is 8.42. The van der Waals surface area contributed by atoms with Crippen molar-refractivity contribution in [3.63, 3.8) is 0 Å². The van der Waals surface area contributed by atoms with Crippen molar-refractivity contribution >= 4 is 17.7 Å². The maximum absolute atomic E-state index is 13.6. The number of hydrazone groups is 1. The summed E-state index contributed by atoms with van der Waals surface area (Å²) in [7, 11) is 3.32. The van der Waals surface area contributed by atoms with Gasteiger partial charge in [0.2, 0.25) is 0 Å². The van der Waals surface area contributed by atoms with E-state index in [0.29, 0.717) is 5.56 Å². The number of carbonyl (C=O) groups is 1. The predicted octanol–water partition coefficient (Wildman–Crippen LogP) is 5.54. The molecule has 0 bridgehead atoms. The zero-order chi connectivity index (χ0) is 23.5. The van der Waals surface area contributed by atoms with Gasteiger partial charge in [0.05, 0.1) is 31.5 Å². The Morgan fingerprint density at radius 3 is 2.35 bits per heavy atom. The Labute approximate surface area is 199 Å². The van der Waals surface area contributed by atoms with Crippen molar-refractivity contribution in [2.24, 2.45) is 11.0 Å². The molecule has 172 valence electrons. The van der Waals surface area contributed by atoms with Crippen molar-refractivity contribution in [1.82, 2.24) is 9.99 Å². The summed E-state index contributed by atoms with van der Waals surface area (Å²) in [5.74, 6) is 1.61. The van der Waals surface area contributed by atoms with Crippen LogP contribution >= 0.6 is 0 Å². The van der Waals surface area contributed by atoms with Crippen molar-refractivity contribution in [1.29, 1.82) is 0 Å². The first-order valence-corrected chi connectivity index (χ1v) is 11.5. The Kier molecular flexibility index (Phi) is 6.12. The Balaban J connectivity index is 1.55. The summed E-state index contributed by atoms with van der Waals surface area (Å²) in [6, 6.07) is 19.4. The minimum Gasteiger partial charge on any atom is -0.497 e. The number of aromatic nitrogens is 1. The number of nitrogens with zero attached hydrogens (tertiary/aromatic N) is 3. The highest BCUT2D eigenvalue weighted by Gasteiger charge is 2.44. The lowest BCUT2D eigenvalue weighted by molar-refractivity contribution is 0.0680. The number of ether oxygens (including phenoxy) is 2. The third-order valence-electron chi connectivity index (χ3n) is 6.53. The first-order chi connectivity index (χ1) is 16.7. The number of carbonyl (C=O) groups excluding carboxylic acids is 1. The molecule has 1 aliphatic heterocycles. The van der Waals surface area contributed by atoms with Crippen molar-refractivity contribution in [3.05, 3.63) is 95.3 Å². The average Bonchev–Trinajstić information content (AvgIpc) is 3.30. The molecular weight excluding hydrogens is 426 g/mol. The van der Waals surface area contributed by atoms with Crippen LogP contribution in [0.5, 0.6) is 11.5 Å². The minimum absolute atomic E-state index is 0.132. The Morgan fingerprint density at radius 2 is 1.71 bits per heavy atom. The summed E-state index contributed by atoms with van der Waals surface area (Å²) in [5, 5.41) is 6.61. The van der Waals surface area contributed by atoms with Crippen LogP contribution in [-0.4, -0.2) is 35.8 Å². The van der Waals surface area contributed by atoms with Crippen LogP contribution in [0.2, 0.25) is 0 Å². The molecule has 0 radical (unpaired) electrons. The molecular formula is C28H27N3O3. The first-order valence-electron chi connectivity index (χ1n) is 11.5. The van der Waals surface area contributed by atoms with Crippen LogP contribution in [0.25, 0.3) is 6.08 Å². The smallest absolute Gasteiger partial charge is 0.276 e. The Bertz CT molecular complexity index is 1220. The molecule has 0 saturated heterocycles. The number of rotatable bonds is 5. The van der Waals surface area contributed by atoms with Gasteiger partial charge in [-0.25, -0.2) is 5.01 Å². The van der Waals surface area contributed by atoms with E-state index in [4.69, 9.17) is 14.6 Å². The lowest BCUT2D eigenvalue weighted by atomic mass is 9.77. The van der Waals surface area contributed by atoms with E-state index in [-0.39, 0.29) is 17.9 Å². The van der Waals surface area contributed by atoms with Gasteiger partial charge in [0, 0.05) is 18.3 Å². The quantitative estimate of drug-likeness (QED) is 0.509. The van der Waals surface area contributed by atoms with Gasteiger partial charge in [-0.1, -0.05) is 24.3 Å². The van der Waals surface area contributed by atoms with E-state index in [9.17, 15) is 4.79 Å². The molecule has 0 N–H and O–H groups in total. The van der Waals surface area contributed by atoms with Gasteiger partial charge in [0.1, 0.15) is 11.5 Å². The normalized spacial score (nSPS) is 20.6. The fraction of sp³-hybridized carbons (Fsp3) is 0.250. The summed E-state index contributed by atoms with van der Waals surface area (Å²) in [6.45, 7) is 0. The molecule has 2 unspecified atom stereocenters. The maximum atomic E-state index is 13.6. The van der Waals surface area contributed by atoms with E-state index in [1.54, 1.807) is 43.8 Å².